The van der Waals surface area contributed by atoms with Gasteiger partial charge in [0.1, 0.15) is 17.8 Å². The summed E-state index contributed by atoms with van der Waals surface area (Å²) < 4.78 is 31.6. The number of amides is 3. The minimum atomic E-state index is -4.97. The number of nitrogens with one attached hydrogen (secondary N) is 1. The number of hydrogen-bond donors (Lipinski definition) is 3. The Morgan fingerprint density at radius 1 is 1.16 bits per heavy atom. The molecule has 5 heterocycles. The number of benzene rings is 1. The number of ether oxygens (including phenoxy) is 1. The molecule has 3 aliphatic rings. The highest BCUT2D eigenvalue weighted by Gasteiger charge is 2.47. The van der Waals surface area contributed by atoms with Gasteiger partial charge in [-0.1, -0.05) is 6.07 Å². The van der Waals surface area contributed by atoms with Gasteiger partial charge in [0.05, 0.1) is 12.0 Å². The van der Waals surface area contributed by atoms with E-state index in [1.165, 1.54) is 24.3 Å². The van der Waals surface area contributed by atoms with E-state index >= 15 is 0 Å². The van der Waals surface area contributed by atoms with Gasteiger partial charge < -0.3 is 29.6 Å². The summed E-state index contributed by atoms with van der Waals surface area (Å²) >= 11 is 1.14. The van der Waals surface area contributed by atoms with Crippen LogP contribution >= 0.6 is 18.9 Å². The van der Waals surface area contributed by atoms with Crippen molar-refractivity contribution in [3.63, 3.8) is 0 Å². The zero-order chi connectivity index (χ0) is 30.5. The zero-order valence-electron chi connectivity index (χ0n) is 23.4. The molecule has 3 fully saturated rings. The monoisotopic (exact) mass is 630 g/mol. The SMILES string of the molecule is COc1ccncc1C1CN(C(=O)[C@@H]2CC[C@@H]3CCC[C@H](NC(=O)c4cc5cc([C@@H](F)P(=O)(O)O)ccc5s4)C(=O)N32)C1. The van der Waals surface area contributed by atoms with Crippen LogP contribution in [0, 0.1) is 0 Å². The second kappa shape index (κ2) is 11.6. The Kier molecular flexibility index (Phi) is 8.01. The van der Waals surface area contributed by atoms with Crippen LogP contribution in [-0.2, 0) is 14.2 Å². The molecule has 3 amide bonds. The number of pyridine rings is 1. The first kappa shape index (κ1) is 29.7. The number of rotatable bonds is 7. The molecule has 0 spiro atoms. The Hall–Kier alpha value is -3.38. The van der Waals surface area contributed by atoms with E-state index in [1.54, 1.807) is 35.4 Å². The van der Waals surface area contributed by atoms with Gasteiger partial charge in [-0.25, -0.2) is 4.39 Å². The highest BCUT2D eigenvalue weighted by atomic mass is 32.1. The van der Waals surface area contributed by atoms with Crippen molar-refractivity contribution in [2.45, 2.75) is 62.1 Å². The van der Waals surface area contributed by atoms with Gasteiger partial charge in [0, 0.05) is 47.7 Å². The van der Waals surface area contributed by atoms with Crippen molar-refractivity contribution in [2.75, 3.05) is 20.2 Å². The summed E-state index contributed by atoms with van der Waals surface area (Å²) in [5.41, 5.74) is 0.782. The van der Waals surface area contributed by atoms with Crippen LogP contribution in [0.1, 0.15) is 64.7 Å². The van der Waals surface area contributed by atoms with Gasteiger partial charge in [0.15, 0.2) is 0 Å². The molecule has 0 saturated carbocycles. The van der Waals surface area contributed by atoms with E-state index in [-0.39, 0.29) is 29.3 Å². The van der Waals surface area contributed by atoms with E-state index in [1.807, 2.05) is 0 Å². The van der Waals surface area contributed by atoms with Crippen LogP contribution in [0.4, 0.5) is 4.39 Å². The number of hydrogen-bond acceptors (Lipinski definition) is 7. The number of fused-ring (bicyclic) bond motifs is 2. The first-order valence-electron chi connectivity index (χ1n) is 14.2. The molecule has 14 heteroatoms. The summed E-state index contributed by atoms with van der Waals surface area (Å²) in [6.45, 7) is 1.05. The van der Waals surface area contributed by atoms with Crippen LogP contribution in [0.3, 0.4) is 0 Å². The van der Waals surface area contributed by atoms with Crippen LogP contribution in [0.25, 0.3) is 10.1 Å². The molecule has 0 radical (unpaired) electrons. The predicted molar refractivity (Wildman–Crippen MR) is 157 cm³/mol. The van der Waals surface area contributed by atoms with Crippen molar-refractivity contribution in [1.29, 1.82) is 0 Å². The fraction of sp³-hybridized carbons (Fsp3) is 0.448. The standard InChI is InChI=1S/C29H32FN4O7PS/c1-41-23-9-10-31-13-20(23)18-14-33(15-18)29(37)22-7-6-19-3-2-4-21(28(36)34(19)22)32-27(35)25-12-17-11-16(5-8-24(17)43-25)26(30)42(38,39)40/h5,8-13,18-19,21-22,26H,2-4,6-7,14-15H2,1H3,(H,32,35)(H2,38,39,40)/t19-,21-,22-,26-/m0/s1. The summed E-state index contributed by atoms with van der Waals surface area (Å²) in [6, 6.07) is 6.03. The quantitative estimate of drug-likeness (QED) is 0.335. The molecular weight excluding hydrogens is 598 g/mol. The molecule has 1 aromatic carbocycles. The maximum Gasteiger partial charge on any atom is 0.363 e. The van der Waals surface area contributed by atoms with Crippen molar-refractivity contribution in [3.8, 4) is 5.75 Å². The van der Waals surface area contributed by atoms with Gasteiger partial charge in [0.25, 0.3) is 5.91 Å². The van der Waals surface area contributed by atoms with Gasteiger partial charge in [-0.2, -0.15) is 0 Å². The smallest absolute Gasteiger partial charge is 0.363 e. The van der Waals surface area contributed by atoms with Crippen molar-refractivity contribution < 1.29 is 37.9 Å². The van der Waals surface area contributed by atoms with Crippen molar-refractivity contribution in [3.05, 3.63) is 58.7 Å². The second-order valence-electron chi connectivity index (χ2n) is 11.3. The topological polar surface area (TPSA) is 149 Å². The molecule has 43 heavy (non-hydrogen) atoms. The number of likely N-dealkylation sites (tertiary alicyclic amines) is 1. The number of carbonyl (C=O) groups is 3. The average molecular weight is 631 g/mol. The number of thiophene rings is 1. The van der Waals surface area contributed by atoms with E-state index in [4.69, 9.17) is 4.74 Å². The van der Waals surface area contributed by atoms with Crippen LogP contribution in [0.5, 0.6) is 5.75 Å². The van der Waals surface area contributed by atoms with Gasteiger partial charge in [-0.3, -0.25) is 23.9 Å². The van der Waals surface area contributed by atoms with Crippen LogP contribution < -0.4 is 10.1 Å². The van der Waals surface area contributed by atoms with Crippen molar-refractivity contribution in [1.82, 2.24) is 20.1 Å². The Balaban J connectivity index is 1.13. The lowest BCUT2D eigenvalue weighted by Crippen LogP contribution is -2.58. The van der Waals surface area contributed by atoms with E-state index in [0.29, 0.717) is 40.9 Å². The average Bonchev–Trinajstić information content (AvgIpc) is 3.55. The van der Waals surface area contributed by atoms with Gasteiger partial charge >= 0.3 is 7.60 Å². The number of alkyl halides is 1. The fourth-order valence-electron chi connectivity index (χ4n) is 6.44. The lowest BCUT2D eigenvalue weighted by molar-refractivity contribution is -0.148. The third-order valence-electron chi connectivity index (χ3n) is 8.67. The molecule has 11 nitrogen and oxygen atoms in total. The van der Waals surface area contributed by atoms with E-state index < -0.39 is 31.5 Å². The molecule has 3 saturated heterocycles. The first-order chi connectivity index (χ1) is 20.5. The number of methoxy groups -OCH3 is 1. The number of aromatic nitrogens is 1. The minimum Gasteiger partial charge on any atom is -0.496 e. The molecule has 228 valence electrons. The minimum absolute atomic E-state index is 0.0516. The summed E-state index contributed by atoms with van der Waals surface area (Å²) in [5, 5.41) is 3.32. The Bertz CT molecular complexity index is 1620. The molecule has 4 atom stereocenters. The summed E-state index contributed by atoms with van der Waals surface area (Å²) in [7, 11) is -3.37. The number of nitrogens with zero attached hydrogens (tertiary/aromatic N) is 3. The zero-order valence-corrected chi connectivity index (χ0v) is 25.1. The third kappa shape index (κ3) is 5.66. The summed E-state index contributed by atoms with van der Waals surface area (Å²) in [4.78, 5) is 67.0. The maximum atomic E-state index is 14.2. The first-order valence-corrected chi connectivity index (χ1v) is 16.7. The highest BCUT2D eigenvalue weighted by molar-refractivity contribution is 7.51. The second-order valence-corrected chi connectivity index (χ2v) is 14.1. The van der Waals surface area contributed by atoms with E-state index in [9.17, 15) is 33.1 Å². The maximum absolute atomic E-state index is 14.2. The molecule has 6 rings (SSSR count). The summed E-state index contributed by atoms with van der Waals surface area (Å²) in [5.74, 6) is -2.42. The van der Waals surface area contributed by atoms with Gasteiger partial charge in [-0.05, 0) is 67.3 Å². The van der Waals surface area contributed by atoms with Crippen molar-refractivity contribution >= 4 is 46.7 Å². The van der Waals surface area contributed by atoms with Crippen molar-refractivity contribution in [2.24, 2.45) is 0 Å². The summed E-state index contributed by atoms with van der Waals surface area (Å²) in [6.07, 6.45) is 6.67. The fourth-order valence-corrected chi connectivity index (χ4v) is 7.93. The van der Waals surface area contributed by atoms with Gasteiger partial charge in [0.2, 0.25) is 17.7 Å². The third-order valence-corrected chi connectivity index (χ3v) is 10.7. The molecule has 0 aliphatic carbocycles. The molecule has 2 aromatic heterocycles. The molecule has 0 unspecified atom stereocenters. The Morgan fingerprint density at radius 3 is 2.70 bits per heavy atom. The molecule has 3 aromatic rings. The Labute approximate surface area is 251 Å². The molecule has 3 aliphatic heterocycles. The van der Waals surface area contributed by atoms with E-state index in [0.717, 1.165) is 41.9 Å². The lowest BCUT2D eigenvalue weighted by atomic mass is 9.91. The van der Waals surface area contributed by atoms with Crippen LogP contribution in [0.2, 0.25) is 0 Å². The normalized spacial score (nSPS) is 23.4. The number of carbonyl (C=O) groups excluding carboxylic acids is 3. The molecular formula is C29H32FN4O7PS. The number of halogens is 1. The predicted octanol–water partition coefficient (Wildman–Crippen LogP) is 3.72. The molecule has 3 N–H and O–H groups in total. The van der Waals surface area contributed by atoms with Crippen LogP contribution in [-0.4, -0.2) is 80.6 Å². The van der Waals surface area contributed by atoms with E-state index in [2.05, 4.69) is 10.3 Å². The largest absolute Gasteiger partial charge is 0.496 e. The Morgan fingerprint density at radius 2 is 1.95 bits per heavy atom. The van der Waals surface area contributed by atoms with Gasteiger partial charge in [-0.15, -0.1) is 11.3 Å². The highest BCUT2D eigenvalue weighted by Crippen LogP contribution is 2.53. The van der Waals surface area contributed by atoms with Crippen LogP contribution in [0.15, 0.2) is 42.7 Å². The molecule has 0 bridgehead atoms. The lowest BCUT2D eigenvalue weighted by Gasteiger charge is -2.42.